The van der Waals surface area contributed by atoms with E-state index in [1.54, 1.807) is 0 Å². The molecule has 3 aliphatic heterocycles. The number of hydrogen-bond acceptors (Lipinski definition) is 5. The highest BCUT2D eigenvalue weighted by molar-refractivity contribution is 6.02. The largest absolute Gasteiger partial charge is 0.438 e. The lowest BCUT2D eigenvalue weighted by molar-refractivity contribution is -0.213. The molecule has 8 aliphatic rings. The van der Waals surface area contributed by atoms with Gasteiger partial charge in [0.25, 0.3) is 0 Å². The quantitative estimate of drug-likeness (QED) is 0.816. The number of H-pyrrole nitrogens is 1. The van der Waals surface area contributed by atoms with E-state index in [-0.39, 0.29) is 11.7 Å². The van der Waals surface area contributed by atoms with Crippen molar-refractivity contribution in [1.82, 2.24) is 15.1 Å². The average molecular weight is 375 g/mol. The summed E-state index contributed by atoms with van der Waals surface area (Å²) in [7, 11) is 0. The lowest BCUT2D eigenvalue weighted by atomic mass is 9.58. The van der Waals surface area contributed by atoms with Crippen LogP contribution in [0.1, 0.15) is 23.3 Å². The highest BCUT2D eigenvalue weighted by Crippen LogP contribution is 2.94. The van der Waals surface area contributed by atoms with Crippen molar-refractivity contribution in [2.75, 3.05) is 13.2 Å². The summed E-state index contributed by atoms with van der Waals surface area (Å²) in [5.41, 5.74) is 0.776. The van der Waals surface area contributed by atoms with E-state index in [9.17, 15) is 4.79 Å². The summed E-state index contributed by atoms with van der Waals surface area (Å²) in [5.74, 6) is 5.07. The van der Waals surface area contributed by atoms with Gasteiger partial charge in [0, 0.05) is 35.6 Å². The van der Waals surface area contributed by atoms with Crippen LogP contribution in [0.4, 0.5) is 0 Å². The lowest BCUT2D eigenvalue weighted by Gasteiger charge is -2.47. The van der Waals surface area contributed by atoms with Gasteiger partial charge in [-0.25, -0.2) is 9.69 Å². The summed E-state index contributed by atoms with van der Waals surface area (Å²) in [4.78, 5) is 16.0. The Hall–Kier alpha value is -1.92. The van der Waals surface area contributed by atoms with Crippen LogP contribution in [0, 0.1) is 47.3 Å². The van der Waals surface area contributed by atoms with E-state index < -0.39 is 5.72 Å². The molecule has 5 saturated carbocycles. The Kier molecular flexibility index (Phi) is 1.97. The topological polar surface area (TPSA) is 67.5 Å². The van der Waals surface area contributed by atoms with Crippen molar-refractivity contribution in [3.63, 3.8) is 0 Å². The highest BCUT2D eigenvalue weighted by Gasteiger charge is 3.00. The highest BCUT2D eigenvalue weighted by atomic mass is 16.6. The van der Waals surface area contributed by atoms with Gasteiger partial charge in [0.2, 0.25) is 0 Å². The predicted octanol–water partition coefficient (Wildman–Crippen LogP) is 2.24. The molecule has 0 amide bonds. The number of benzene rings is 1. The first-order chi connectivity index (χ1) is 13.8. The zero-order valence-corrected chi connectivity index (χ0v) is 15.4. The molecule has 4 heterocycles. The number of nitrogens with one attached hydrogen (secondary N) is 1. The van der Waals surface area contributed by atoms with Crippen molar-refractivity contribution < 1.29 is 14.3 Å². The van der Waals surface area contributed by atoms with Gasteiger partial charge >= 0.3 is 5.97 Å². The summed E-state index contributed by atoms with van der Waals surface area (Å²) in [5, 5.41) is 8.17. The molecule has 3 saturated heterocycles. The van der Waals surface area contributed by atoms with E-state index in [0.29, 0.717) is 29.4 Å². The number of ether oxygens (including phenoxy) is 2. The maximum absolute atomic E-state index is 13.4. The van der Waals surface area contributed by atoms with E-state index in [0.717, 1.165) is 54.1 Å². The van der Waals surface area contributed by atoms with Crippen LogP contribution in [0.15, 0.2) is 24.3 Å². The molecule has 1 N–H and O–H groups in total. The molecule has 10 atom stereocenters. The molecule has 6 nitrogen and oxygen atoms in total. The molecule has 28 heavy (non-hydrogen) atoms. The fourth-order valence-electron chi connectivity index (χ4n) is 10.1. The van der Waals surface area contributed by atoms with E-state index in [1.165, 1.54) is 6.42 Å². The number of aromatic nitrogens is 2. The van der Waals surface area contributed by atoms with Gasteiger partial charge in [0.1, 0.15) is 5.72 Å². The summed E-state index contributed by atoms with van der Waals surface area (Å²) in [6.45, 7) is 1.87. The Bertz CT molecular complexity index is 1110. The number of hydrogen-bond donors (Lipinski definition) is 1. The van der Waals surface area contributed by atoms with E-state index in [4.69, 9.17) is 9.47 Å². The van der Waals surface area contributed by atoms with Gasteiger partial charge in [-0.2, -0.15) is 5.10 Å². The fourth-order valence-corrected chi connectivity index (χ4v) is 10.1. The van der Waals surface area contributed by atoms with Crippen LogP contribution in [0.5, 0.6) is 0 Å². The fraction of sp³-hybridized carbons (Fsp3) is 0.636. The Balaban J connectivity index is 1.22. The predicted molar refractivity (Wildman–Crippen MR) is 96.8 cm³/mol. The smallest absolute Gasteiger partial charge is 0.361 e. The number of esters is 1. The molecule has 142 valence electrons. The van der Waals surface area contributed by atoms with Gasteiger partial charge in [-0.15, -0.1) is 0 Å². The minimum absolute atomic E-state index is 0.113. The van der Waals surface area contributed by atoms with Crippen molar-refractivity contribution in [2.24, 2.45) is 47.3 Å². The van der Waals surface area contributed by atoms with Crippen molar-refractivity contribution in [3.8, 4) is 0 Å². The van der Waals surface area contributed by atoms with Gasteiger partial charge < -0.3 is 9.47 Å². The molecule has 4 bridgehead atoms. The van der Waals surface area contributed by atoms with Crippen LogP contribution < -0.4 is 0 Å². The molecule has 0 radical (unpaired) electrons. The minimum atomic E-state index is -0.427. The molecule has 8 fully saturated rings. The maximum atomic E-state index is 13.4. The second-order valence-corrected chi connectivity index (χ2v) is 10.2. The second-order valence-electron chi connectivity index (χ2n) is 10.2. The SMILES string of the molecule is O=C(OC12C3C4CC5C6C4C1C6C1(OCCCN12)C53)c1n[nH]c2ccccc12. The summed E-state index contributed by atoms with van der Waals surface area (Å²) >= 11 is 0. The second kappa shape index (κ2) is 3.90. The first kappa shape index (κ1) is 14.1. The summed E-state index contributed by atoms with van der Waals surface area (Å²) < 4.78 is 13.3. The zero-order valence-electron chi connectivity index (χ0n) is 15.4. The molecular formula is C22H21N3O3. The third-order valence-corrected chi connectivity index (χ3v) is 10.0. The van der Waals surface area contributed by atoms with Gasteiger partial charge in [-0.3, -0.25) is 5.10 Å². The van der Waals surface area contributed by atoms with E-state index in [2.05, 4.69) is 15.1 Å². The third-order valence-electron chi connectivity index (χ3n) is 10.0. The summed E-state index contributed by atoms with van der Waals surface area (Å²) in [6, 6.07) is 7.80. The molecule has 1 aromatic heterocycles. The van der Waals surface area contributed by atoms with Crippen molar-refractivity contribution >= 4 is 16.9 Å². The van der Waals surface area contributed by atoms with Gasteiger partial charge in [0.15, 0.2) is 11.4 Å². The van der Waals surface area contributed by atoms with Crippen LogP contribution in [-0.4, -0.2) is 45.7 Å². The van der Waals surface area contributed by atoms with Gasteiger partial charge in [-0.1, -0.05) is 18.2 Å². The Labute approximate surface area is 161 Å². The molecule has 2 aromatic rings. The Morgan fingerprint density at radius 3 is 3.00 bits per heavy atom. The number of nitrogens with zero attached hydrogens (tertiary/aromatic N) is 2. The van der Waals surface area contributed by atoms with Crippen molar-refractivity contribution in [1.29, 1.82) is 0 Å². The normalized spacial score (nSPS) is 55.4. The van der Waals surface area contributed by atoms with Crippen LogP contribution in [-0.2, 0) is 9.47 Å². The van der Waals surface area contributed by atoms with Crippen LogP contribution in [0.25, 0.3) is 10.9 Å². The molecule has 10 unspecified atom stereocenters. The monoisotopic (exact) mass is 375 g/mol. The van der Waals surface area contributed by atoms with Gasteiger partial charge in [-0.05, 0) is 42.6 Å². The van der Waals surface area contributed by atoms with E-state index in [1.807, 2.05) is 24.3 Å². The van der Waals surface area contributed by atoms with Crippen molar-refractivity contribution in [3.05, 3.63) is 30.0 Å². The first-order valence-electron chi connectivity index (χ1n) is 10.9. The van der Waals surface area contributed by atoms with Crippen LogP contribution in [0.3, 0.4) is 0 Å². The Morgan fingerprint density at radius 2 is 2.04 bits per heavy atom. The number of fused-ring (bicyclic) bond motifs is 1. The number of rotatable bonds is 2. The number of carbonyl (C=O) groups is 1. The zero-order chi connectivity index (χ0) is 18.0. The third kappa shape index (κ3) is 1.04. The standard InChI is InChI=1S/C22H21N3O3/c26-20(19-9-4-1-2-5-12(9)23-24-19)28-22-16-11-8-10-13-14(11)18(22)17(13)21(15(10)16)25(22)6-3-7-27-21/h1-2,4-5,10-11,13-18H,3,6-8H2,(H,23,24). The van der Waals surface area contributed by atoms with Gasteiger partial charge in [0.05, 0.1) is 12.1 Å². The molecule has 5 aliphatic carbocycles. The average Bonchev–Trinajstić information content (AvgIpc) is 3.42. The number of para-hydroxylation sites is 1. The minimum Gasteiger partial charge on any atom is -0.438 e. The van der Waals surface area contributed by atoms with Crippen molar-refractivity contribution in [2.45, 2.75) is 24.3 Å². The van der Waals surface area contributed by atoms with E-state index >= 15 is 0 Å². The van der Waals surface area contributed by atoms with Crippen LogP contribution in [0.2, 0.25) is 0 Å². The first-order valence-corrected chi connectivity index (χ1v) is 10.9. The molecule has 1 spiro atoms. The lowest BCUT2D eigenvalue weighted by Crippen LogP contribution is -2.56. The van der Waals surface area contributed by atoms with Crippen LogP contribution >= 0.6 is 0 Å². The number of aromatic amines is 1. The maximum Gasteiger partial charge on any atom is 0.361 e. The molecule has 6 heteroatoms. The summed E-state index contributed by atoms with van der Waals surface area (Å²) in [6.07, 6.45) is 2.39. The Morgan fingerprint density at radius 1 is 1.18 bits per heavy atom. The number of carbonyl (C=O) groups excluding carboxylic acids is 1. The molecular weight excluding hydrogens is 354 g/mol. The molecule has 10 rings (SSSR count). The molecule has 1 aromatic carbocycles.